The van der Waals surface area contributed by atoms with Gasteiger partial charge in [-0.2, -0.15) is 0 Å². The molecule has 0 fully saturated rings. The van der Waals surface area contributed by atoms with Gasteiger partial charge >= 0.3 is 0 Å². The van der Waals surface area contributed by atoms with Gasteiger partial charge in [0.15, 0.2) is 0 Å². The van der Waals surface area contributed by atoms with E-state index in [0.717, 1.165) is 25.7 Å². The van der Waals surface area contributed by atoms with Crippen molar-refractivity contribution >= 4 is 40.8 Å². The molecule has 4 N–H and O–H groups in total. The summed E-state index contributed by atoms with van der Waals surface area (Å²) >= 11 is 2.67. The third-order valence-electron chi connectivity index (χ3n) is 4.01. The Hall–Kier alpha value is -2.32. The molecule has 0 saturated carbocycles. The van der Waals surface area contributed by atoms with Crippen LogP contribution in [0.1, 0.15) is 43.3 Å². The largest absolute Gasteiger partial charge is 0.369 e. The van der Waals surface area contributed by atoms with Gasteiger partial charge in [0.25, 0.3) is 11.8 Å². The van der Waals surface area contributed by atoms with Crippen molar-refractivity contribution in [3.05, 3.63) is 51.2 Å². The van der Waals surface area contributed by atoms with E-state index in [1.807, 2.05) is 6.07 Å². The second-order valence-corrected chi connectivity index (χ2v) is 8.08. The van der Waals surface area contributed by atoms with E-state index in [0.29, 0.717) is 15.3 Å². The van der Waals surface area contributed by atoms with Crippen LogP contribution in [0.3, 0.4) is 0 Å². The zero-order valence-electron chi connectivity index (χ0n) is 14.0. The number of thiophene rings is 1. The minimum absolute atomic E-state index is 0.0808. The van der Waals surface area contributed by atoms with Crippen LogP contribution < -0.4 is 16.6 Å². The summed E-state index contributed by atoms with van der Waals surface area (Å²) in [5.41, 5.74) is 11.7. The Morgan fingerprint density at radius 2 is 1.81 bits per heavy atom. The Labute approximate surface area is 159 Å². The number of primary amides is 1. The van der Waals surface area contributed by atoms with E-state index in [9.17, 15) is 14.4 Å². The van der Waals surface area contributed by atoms with Crippen molar-refractivity contribution < 1.29 is 14.4 Å². The predicted molar refractivity (Wildman–Crippen MR) is 102 cm³/mol. The van der Waals surface area contributed by atoms with Crippen LogP contribution in [0.2, 0.25) is 0 Å². The van der Waals surface area contributed by atoms with Gasteiger partial charge in [0.05, 0.1) is 16.2 Å². The molecule has 0 saturated heterocycles. The molecule has 0 unspecified atom stereocenters. The Kier molecular flexibility index (Phi) is 5.95. The summed E-state index contributed by atoms with van der Waals surface area (Å²) in [4.78, 5) is 38.2. The zero-order valence-corrected chi connectivity index (χ0v) is 15.7. The summed E-state index contributed by atoms with van der Waals surface area (Å²) in [5.74, 6) is -1.13. The van der Waals surface area contributed by atoms with Crippen LogP contribution in [-0.4, -0.2) is 23.5 Å². The highest BCUT2D eigenvalue weighted by Gasteiger charge is 2.18. The molecule has 2 aromatic rings. The number of hydrazine groups is 1. The summed E-state index contributed by atoms with van der Waals surface area (Å²) in [7, 11) is 0. The van der Waals surface area contributed by atoms with Crippen LogP contribution in [0.15, 0.2) is 35.2 Å². The summed E-state index contributed by atoms with van der Waals surface area (Å²) in [5, 5.41) is 0. The van der Waals surface area contributed by atoms with E-state index in [4.69, 9.17) is 5.73 Å². The van der Waals surface area contributed by atoms with Gasteiger partial charge in [-0.25, -0.2) is 0 Å². The van der Waals surface area contributed by atoms with E-state index < -0.39 is 11.8 Å². The highest BCUT2D eigenvalue weighted by Crippen LogP contribution is 2.29. The van der Waals surface area contributed by atoms with Crippen LogP contribution in [0.25, 0.3) is 0 Å². The molecule has 3 rings (SSSR count). The van der Waals surface area contributed by atoms with E-state index >= 15 is 0 Å². The maximum absolute atomic E-state index is 12.4. The van der Waals surface area contributed by atoms with Gasteiger partial charge in [-0.3, -0.25) is 25.2 Å². The number of thioether (sulfide) groups is 1. The molecule has 1 aliphatic carbocycles. The molecule has 26 heavy (non-hydrogen) atoms. The number of amides is 3. The number of benzene rings is 1. The molecular weight excluding hydrogens is 370 g/mol. The van der Waals surface area contributed by atoms with Gasteiger partial charge in [0, 0.05) is 9.77 Å². The molecule has 1 heterocycles. The molecule has 0 bridgehead atoms. The molecular formula is C18H19N3O3S2. The summed E-state index contributed by atoms with van der Waals surface area (Å²) < 4.78 is 0. The quantitative estimate of drug-likeness (QED) is 0.539. The first kappa shape index (κ1) is 18.5. The number of fused-ring (bicyclic) bond motifs is 1. The number of hydrogen-bond acceptors (Lipinski definition) is 5. The average molecular weight is 390 g/mol. The maximum atomic E-state index is 12.4. The number of carbonyl (C=O) groups is 3. The topological polar surface area (TPSA) is 101 Å². The molecule has 6 nitrogen and oxygen atoms in total. The smallest absolute Gasteiger partial charge is 0.279 e. The molecule has 0 radical (unpaired) electrons. The van der Waals surface area contributed by atoms with E-state index in [-0.39, 0.29) is 11.7 Å². The summed E-state index contributed by atoms with van der Waals surface area (Å²) in [6.45, 7) is 0. The van der Waals surface area contributed by atoms with E-state index in [2.05, 4.69) is 10.9 Å². The first-order chi connectivity index (χ1) is 12.5. The SMILES string of the molecule is NC(=O)CSc1ccccc1C(=O)NNC(=O)c1cc2c(s1)CCCC2. The number of nitrogens with two attached hydrogens (primary N) is 1. The molecule has 0 atom stereocenters. The Morgan fingerprint density at radius 3 is 2.58 bits per heavy atom. The standard InChI is InChI=1S/C18H19N3O3S2/c19-16(22)10-25-14-8-4-2-6-12(14)17(23)20-21-18(24)15-9-11-5-1-3-7-13(11)26-15/h2,4,6,8-9H,1,3,5,7,10H2,(H2,19,22)(H,20,23)(H,21,24). The molecule has 0 spiro atoms. The minimum atomic E-state index is -0.458. The second-order valence-electron chi connectivity index (χ2n) is 5.93. The lowest BCUT2D eigenvalue weighted by Crippen LogP contribution is -2.41. The first-order valence-electron chi connectivity index (χ1n) is 8.27. The van der Waals surface area contributed by atoms with Gasteiger partial charge in [-0.15, -0.1) is 23.1 Å². The van der Waals surface area contributed by atoms with Crippen molar-refractivity contribution in [1.29, 1.82) is 0 Å². The van der Waals surface area contributed by atoms with Crippen molar-refractivity contribution in [2.24, 2.45) is 5.73 Å². The molecule has 1 aromatic heterocycles. The van der Waals surface area contributed by atoms with Crippen LogP contribution in [0.4, 0.5) is 0 Å². The third kappa shape index (κ3) is 4.44. The van der Waals surface area contributed by atoms with Crippen LogP contribution in [-0.2, 0) is 17.6 Å². The minimum Gasteiger partial charge on any atom is -0.369 e. The number of rotatable bonds is 5. The normalized spacial score (nSPS) is 12.9. The number of carbonyl (C=O) groups excluding carboxylic acids is 3. The lowest BCUT2D eigenvalue weighted by molar-refractivity contribution is -0.115. The highest BCUT2D eigenvalue weighted by molar-refractivity contribution is 8.00. The highest BCUT2D eigenvalue weighted by atomic mass is 32.2. The molecule has 1 aliphatic rings. The van der Waals surface area contributed by atoms with Crippen molar-refractivity contribution in [3.8, 4) is 0 Å². The van der Waals surface area contributed by atoms with Crippen LogP contribution in [0, 0.1) is 0 Å². The Morgan fingerprint density at radius 1 is 1.08 bits per heavy atom. The van der Waals surface area contributed by atoms with Crippen molar-refractivity contribution in [2.45, 2.75) is 30.6 Å². The Bertz CT molecular complexity index is 824. The maximum Gasteiger partial charge on any atom is 0.279 e. The molecule has 0 aliphatic heterocycles. The molecule has 3 amide bonds. The fraction of sp³-hybridized carbons (Fsp3) is 0.278. The fourth-order valence-electron chi connectivity index (χ4n) is 2.77. The van der Waals surface area contributed by atoms with Crippen molar-refractivity contribution in [3.63, 3.8) is 0 Å². The second kappa shape index (κ2) is 8.37. The van der Waals surface area contributed by atoms with Crippen LogP contribution in [0.5, 0.6) is 0 Å². The van der Waals surface area contributed by atoms with E-state index in [1.54, 1.807) is 24.3 Å². The third-order valence-corrected chi connectivity index (χ3v) is 6.34. The number of nitrogens with one attached hydrogen (secondary N) is 2. The molecule has 1 aromatic carbocycles. The van der Waals surface area contributed by atoms with Crippen LogP contribution >= 0.6 is 23.1 Å². The lowest BCUT2D eigenvalue weighted by Gasteiger charge is -2.09. The molecule has 136 valence electrons. The summed E-state index contributed by atoms with van der Waals surface area (Å²) in [6, 6.07) is 8.77. The van der Waals surface area contributed by atoms with Gasteiger partial charge in [-0.05, 0) is 49.4 Å². The predicted octanol–water partition coefficient (Wildman–Crippen LogP) is 2.28. The Balaban J connectivity index is 1.62. The van der Waals surface area contributed by atoms with Gasteiger partial charge in [0.2, 0.25) is 5.91 Å². The lowest BCUT2D eigenvalue weighted by atomic mass is 9.99. The monoisotopic (exact) mass is 389 g/mol. The van der Waals surface area contributed by atoms with Gasteiger partial charge in [-0.1, -0.05) is 12.1 Å². The summed E-state index contributed by atoms with van der Waals surface area (Å²) in [6.07, 6.45) is 4.34. The van der Waals surface area contributed by atoms with Crippen molar-refractivity contribution in [2.75, 3.05) is 5.75 Å². The first-order valence-corrected chi connectivity index (χ1v) is 10.1. The number of aryl methyl sites for hydroxylation is 2. The fourth-order valence-corrected chi connectivity index (χ4v) is 4.71. The van der Waals surface area contributed by atoms with Gasteiger partial charge < -0.3 is 5.73 Å². The number of hydrogen-bond donors (Lipinski definition) is 3. The van der Waals surface area contributed by atoms with E-state index in [1.165, 1.54) is 33.5 Å². The zero-order chi connectivity index (χ0) is 18.5. The molecule has 8 heteroatoms. The van der Waals surface area contributed by atoms with Crippen molar-refractivity contribution in [1.82, 2.24) is 10.9 Å². The van der Waals surface area contributed by atoms with Gasteiger partial charge in [0.1, 0.15) is 0 Å². The average Bonchev–Trinajstić information content (AvgIpc) is 3.08.